The third-order valence-corrected chi connectivity index (χ3v) is 2.79. The van der Waals surface area contributed by atoms with Crippen molar-refractivity contribution >= 4 is 29.6 Å². The average molecular weight is 225 g/mol. The lowest BCUT2D eigenvalue weighted by atomic mass is 10.1. The lowest BCUT2D eigenvalue weighted by Gasteiger charge is -2.02. The minimum atomic E-state index is 0.590. The molecule has 1 radical (unpaired) electrons. The van der Waals surface area contributed by atoms with E-state index in [2.05, 4.69) is 0 Å². The summed E-state index contributed by atoms with van der Waals surface area (Å²) in [4.78, 5) is 0. The molecule has 4 heteroatoms. The van der Waals surface area contributed by atoms with Crippen molar-refractivity contribution in [3.8, 4) is 5.75 Å². The molecule has 3 aromatic rings. The summed E-state index contributed by atoms with van der Waals surface area (Å²) in [6.07, 6.45) is 0. The zero-order valence-electron chi connectivity index (χ0n) is 9.31. The Balaban J connectivity index is 2.40. The lowest BCUT2D eigenvalue weighted by molar-refractivity contribution is 0.456. The van der Waals surface area contributed by atoms with Crippen molar-refractivity contribution in [2.24, 2.45) is 0 Å². The van der Waals surface area contributed by atoms with E-state index < -0.39 is 0 Å². The Kier molecular flexibility index (Phi) is 2.30. The fourth-order valence-corrected chi connectivity index (χ4v) is 2.06. The van der Waals surface area contributed by atoms with Crippen LogP contribution in [0.25, 0.3) is 21.9 Å². The SMILES string of the molecule is Cc1ccc2c(c1)oc1cccc(O[B]O)c12. The van der Waals surface area contributed by atoms with Crippen molar-refractivity contribution < 1.29 is 14.1 Å². The Morgan fingerprint density at radius 1 is 1.18 bits per heavy atom. The molecule has 3 rings (SSSR count). The molecule has 0 aliphatic rings. The highest BCUT2D eigenvalue weighted by molar-refractivity contribution is 6.19. The maximum atomic E-state index is 8.76. The van der Waals surface area contributed by atoms with Crippen molar-refractivity contribution in [3.05, 3.63) is 42.0 Å². The molecule has 0 fully saturated rings. The summed E-state index contributed by atoms with van der Waals surface area (Å²) in [7, 11) is 0.682. The van der Waals surface area contributed by atoms with Crippen LogP contribution < -0.4 is 4.65 Å². The van der Waals surface area contributed by atoms with Gasteiger partial charge in [0.15, 0.2) is 0 Å². The predicted octanol–water partition coefficient (Wildman–Crippen LogP) is 2.80. The van der Waals surface area contributed by atoms with Gasteiger partial charge in [-0.15, -0.1) is 0 Å². The topological polar surface area (TPSA) is 42.6 Å². The molecule has 0 atom stereocenters. The maximum Gasteiger partial charge on any atom is 0.569 e. The summed E-state index contributed by atoms with van der Waals surface area (Å²) in [5, 5.41) is 10.6. The monoisotopic (exact) mass is 225 g/mol. The molecule has 0 unspecified atom stereocenters. The van der Waals surface area contributed by atoms with Gasteiger partial charge in [0, 0.05) is 5.39 Å². The summed E-state index contributed by atoms with van der Waals surface area (Å²) in [5.74, 6) is 0.590. The van der Waals surface area contributed by atoms with Gasteiger partial charge in [-0.1, -0.05) is 18.2 Å². The minimum absolute atomic E-state index is 0.590. The average Bonchev–Trinajstić information content (AvgIpc) is 2.67. The first kappa shape index (κ1) is 10.2. The van der Waals surface area contributed by atoms with E-state index in [-0.39, 0.29) is 0 Å². The van der Waals surface area contributed by atoms with Gasteiger partial charge in [0.25, 0.3) is 0 Å². The van der Waals surface area contributed by atoms with E-state index in [4.69, 9.17) is 14.1 Å². The van der Waals surface area contributed by atoms with E-state index in [0.29, 0.717) is 13.4 Å². The smallest absolute Gasteiger partial charge is 0.537 e. The van der Waals surface area contributed by atoms with Gasteiger partial charge in [-0.3, -0.25) is 0 Å². The molecule has 1 N–H and O–H groups in total. The molecule has 17 heavy (non-hydrogen) atoms. The largest absolute Gasteiger partial charge is 0.569 e. The van der Waals surface area contributed by atoms with Gasteiger partial charge < -0.3 is 14.1 Å². The van der Waals surface area contributed by atoms with Gasteiger partial charge in [-0.25, -0.2) is 0 Å². The Morgan fingerprint density at radius 3 is 2.88 bits per heavy atom. The molecule has 0 aliphatic carbocycles. The highest BCUT2D eigenvalue weighted by Crippen LogP contribution is 2.35. The molecule has 2 aromatic carbocycles. The molecule has 3 nitrogen and oxygen atoms in total. The second-order valence-electron chi connectivity index (χ2n) is 3.95. The molecular weight excluding hydrogens is 215 g/mol. The van der Waals surface area contributed by atoms with E-state index in [0.717, 1.165) is 27.5 Å². The quantitative estimate of drug-likeness (QED) is 0.681. The van der Waals surface area contributed by atoms with Gasteiger partial charge in [0.2, 0.25) is 0 Å². The molecule has 83 valence electrons. The van der Waals surface area contributed by atoms with Crippen LogP contribution in [0.2, 0.25) is 0 Å². The number of rotatable bonds is 2. The Hall–Kier alpha value is -1.94. The molecule has 0 amide bonds. The molecule has 0 aliphatic heterocycles. The highest BCUT2D eigenvalue weighted by atomic mass is 16.5. The van der Waals surface area contributed by atoms with Crippen LogP contribution >= 0.6 is 0 Å². The van der Waals surface area contributed by atoms with Crippen LogP contribution in [0.15, 0.2) is 40.8 Å². The van der Waals surface area contributed by atoms with Crippen molar-refractivity contribution in [1.29, 1.82) is 0 Å². The van der Waals surface area contributed by atoms with Crippen LogP contribution in [-0.4, -0.2) is 12.7 Å². The van der Waals surface area contributed by atoms with Crippen molar-refractivity contribution in [1.82, 2.24) is 0 Å². The van der Waals surface area contributed by atoms with E-state index in [1.165, 1.54) is 0 Å². The molecule has 0 spiro atoms. The number of hydrogen-bond donors (Lipinski definition) is 1. The van der Waals surface area contributed by atoms with Crippen molar-refractivity contribution in [2.75, 3.05) is 0 Å². The molecule has 0 bridgehead atoms. The highest BCUT2D eigenvalue weighted by Gasteiger charge is 2.11. The third-order valence-electron chi connectivity index (χ3n) is 2.79. The number of aryl methyl sites for hydroxylation is 1. The fourth-order valence-electron chi connectivity index (χ4n) is 2.06. The van der Waals surface area contributed by atoms with Crippen LogP contribution in [-0.2, 0) is 0 Å². The standard InChI is InChI=1S/C13H10BO3/c1-8-5-6-9-12(7-8)16-10-3-2-4-11(13(9)10)17-14-15/h2-7,15H,1H3. The molecule has 0 saturated heterocycles. The molecular formula is C13H10BO3. The van der Waals surface area contributed by atoms with Gasteiger partial charge in [0.05, 0.1) is 5.39 Å². The Morgan fingerprint density at radius 2 is 2.06 bits per heavy atom. The normalized spacial score (nSPS) is 10.9. The van der Waals surface area contributed by atoms with Gasteiger partial charge >= 0.3 is 7.69 Å². The molecule has 1 aromatic heterocycles. The maximum absolute atomic E-state index is 8.76. The van der Waals surface area contributed by atoms with Crippen LogP contribution in [0, 0.1) is 6.92 Å². The first-order chi connectivity index (χ1) is 8.29. The molecule has 1 heterocycles. The summed E-state index contributed by atoms with van der Waals surface area (Å²) in [6, 6.07) is 11.5. The Labute approximate surface area is 98.9 Å². The summed E-state index contributed by atoms with van der Waals surface area (Å²) in [6.45, 7) is 2.02. The van der Waals surface area contributed by atoms with E-state index in [1.54, 1.807) is 6.07 Å². The zero-order chi connectivity index (χ0) is 11.8. The van der Waals surface area contributed by atoms with Crippen molar-refractivity contribution in [2.45, 2.75) is 6.92 Å². The summed E-state index contributed by atoms with van der Waals surface area (Å²) in [5.41, 5.74) is 2.73. The first-order valence-electron chi connectivity index (χ1n) is 5.34. The fraction of sp³-hybridized carbons (Fsp3) is 0.0769. The second-order valence-corrected chi connectivity index (χ2v) is 3.95. The summed E-state index contributed by atoms with van der Waals surface area (Å²) < 4.78 is 10.8. The lowest BCUT2D eigenvalue weighted by Crippen LogP contribution is -1.99. The number of benzene rings is 2. The molecule has 0 saturated carbocycles. The van der Waals surface area contributed by atoms with E-state index in [9.17, 15) is 0 Å². The number of furan rings is 1. The van der Waals surface area contributed by atoms with Gasteiger partial charge in [-0.05, 0) is 30.7 Å². The van der Waals surface area contributed by atoms with Crippen LogP contribution in [0.1, 0.15) is 5.56 Å². The van der Waals surface area contributed by atoms with Crippen LogP contribution in [0.3, 0.4) is 0 Å². The first-order valence-corrected chi connectivity index (χ1v) is 5.34. The predicted molar refractivity (Wildman–Crippen MR) is 67.1 cm³/mol. The van der Waals surface area contributed by atoms with Crippen molar-refractivity contribution in [3.63, 3.8) is 0 Å². The number of fused-ring (bicyclic) bond motifs is 3. The van der Waals surface area contributed by atoms with E-state index in [1.807, 2.05) is 37.3 Å². The van der Waals surface area contributed by atoms with Gasteiger partial charge in [-0.2, -0.15) is 0 Å². The minimum Gasteiger partial charge on any atom is -0.537 e. The second kappa shape index (κ2) is 3.82. The summed E-state index contributed by atoms with van der Waals surface area (Å²) >= 11 is 0. The van der Waals surface area contributed by atoms with E-state index >= 15 is 0 Å². The number of hydrogen-bond acceptors (Lipinski definition) is 3. The zero-order valence-corrected chi connectivity index (χ0v) is 9.31. The van der Waals surface area contributed by atoms with Crippen LogP contribution in [0.5, 0.6) is 5.75 Å². The third kappa shape index (κ3) is 1.57. The Bertz CT molecular complexity index is 688. The van der Waals surface area contributed by atoms with Gasteiger partial charge in [0.1, 0.15) is 16.9 Å². The van der Waals surface area contributed by atoms with Crippen LogP contribution in [0.4, 0.5) is 0 Å².